The maximum Gasteiger partial charge on any atom is 0.227 e. The first kappa shape index (κ1) is 26.6. The summed E-state index contributed by atoms with van der Waals surface area (Å²) < 4.78 is 15.6. The Morgan fingerprint density at radius 1 is 0.500 bits per heavy atom. The van der Waals surface area contributed by atoms with Gasteiger partial charge in [0.05, 0.1) is 16.4 Å². The number of benzene rings is 7. The van der Waals surface area contributed by atoms with Crippen LogP contribution in [-0.4, -0.2) is 9.55 Å². The summed E-state index contributed by atoms with van der Waals surface area (Å²) in [5, 5.41) is 4.39. The van der Waals surface area contributed by atoms with Gasteiger partial charge in [-0.15, -0.1) is 0 Å². The van der Waals surface area contributed by atoms with E-state index in [1.807, 2.05) is 54.6 Å². The fourth-order valence-corrected chi connectivity index (χ4v) is 7.10. The van der Waals surface area contributed by atoms with E-state index in [-0.39, 0.29) is 0 Å². The lowest BCUT2D eigenvalue weighted by atomic mass is 10.1. The largest absolute Gasteiger partial charge is 0.456 e. The standard InChI is InChI=1S/C43H27N3O2/c1-4-14-28(15-5-1)43-44-35-27-39-40(34-21-11-13-23-38(34)47-39)41(42(35)48-43)45(29-16-6-2-7-17-29)31-24-25-33-32-20-10-12-22-36(32)46(37(33)26-31)30-18-8-3-9-19-30/h1-27H. The van der Waals surface area contributed by atoms with Crippen LogP contribution < -0.4 is 4.90 Å². The van der Waals surface area contributed by atoms with Crippen molar-refractivity contribution in [2.45, 2.75) is 0 Å². The highest BCUT2D eigenvalue weighted by molar-refractivity contribution is 6.20. The zero-order valence-electron chi connectivity index (χ0n) is 25.7. The molecule has 10 rings (SSSR count). The number of para-hydroxylation sites is 4. The number of nitrogens with zero attached hydrogens (tertiary/aromatic N) is 3. The molecule has 0 radical (unpaired) electrons. The van der Waals surface area contributed by atoms with Crippen molar-refractivity contribution < 1.29 is 8.83 Å². The van der Waals surface area contributed by atoms with Crippen molar-refractivity contribution in [3.05, 3.63) is 164 Å². The van der Waals surface area contributed by atoms with E-state index in [1.165, 1.54) is 10.8 Å². The van der Waals surface area contributed by atoms with Gasteiger partial charge in [-0.05, 0) is 60.7 Å². The van der Waals surface area contributed by atoms with E-state index in [4.69, 9.17) is 13.8 Å². The Balaban J connectivity index is 1.33. The molecule has 7 aromatic carbocycles. The van der Waals surface area contributed by atoms with Gasteiger partial charge in [-0.25, -0.2) is 4.98 Å². The minimum atomic E-state index is 0.566. The molecule has 0 aliphatic rings. The van der Waals surface area contributed by atoms with Crippen LogP contribution in [0.2, 0.25) is 0 Å². The van der Waals surface area contributed by atoms with Gasteiger partial charge in [0.15, 0.2) is 5.58 Å². The van der Waals surface area contributed by atoms with Crippen LogP contribution in [0.15, 0.2) is 173 Å². The Kier molecular flexibility index (Phi) is 5.81. The zero-order valence-corrected chi connectivity index (χ0v) is 25.7. The molecule has 0 saturated carbocycles. The van der Waals surface area contributed by atoms with Crippen LogP contribution in [0.3, 0.4) is 0 Å². The van der Waals surface area contributed by atoms with Crippen LogP contribution in [0.25, 0.3) is 72.0 Å². The molecule has 0 atom stereocenters. The summed E-state index contributed by atoms with van der Waals surface area (Å²) in [6.07, 6.45) is 0. The third-order valence-corrected chi connectivity index (χ3v) is 9.18. The summed E-state index contributed by atoms with van der Waals surface area (Å²) in [6, 6.07) is 56.6. The van der Waals surface area contributed by atoms with Crippen LogP contribution in [0.5, 0.6) is 0 Å². The van der Waals surface area contributed by atoms with Gasteiger partial charge in [-0.1, -0.05) is 97.1 Å². The maximum absolute atomic E-state index is 6.76. The number of hydrogen-bond acceptors (Lipinski definition) is 4. The molecule has 10 aromatic rings. The van der Waals surface area contributed by atoms with E-state index in [2.05, 4.69) is 119 Å². The van der Waals surface area contributed by atoms with Crippen molar-refractivity contribution in [1.29, 1.82) is 0 Å². The Bertz CT molecular complexity index is 2780. The van der Waals surface area contributed by atoms with Crippen molar-refractivity contribution in [2.24, 2.45) is 0 Å². The molecule has 5 nitrogen and oxygen atoms in total. The number of oxazole rings is 1. The molecule has 3 heterocycles. The molecule has 0 N–H and O–H groups in total. The Labute approximate surface area is 275 Å². The van der Waals surface area contributed by atoms with Gasteiger partial charge < -0.3 is 18.3 Å². The maximum atomic E-state index is 6.76. The van der Waals surface area contributed by atoms with Crippen LogP contribution >= 0.6 is 0 Å². The SMILES string of the molecule is c1ccc(-c2nc3cc4oc5ccccc5c4c(N(c4ccccc4)c4ccc5c6ccccc6n(-c6ccccc6)c5c4)c3o2)cc1. The minimum Gasteiger partial charge on any atom is -0.456 e. The second kappa shape index (κ2) is 10.5. The fourth-order valence-electron chi connectivity index (χ4n) is 7.10. The number of rotatable bonds is 5. The molecule has 226 valence electrons. The van der Waals surface area contributed by atoms with Crippen molar-refractivity contribution in [3.8, 4) is 17.1 Å². The summed E-state index contributed by atoms with van der Waals surface area (Å²) in [6.45, 7) is 0. The van der Waals surface area contributed by atoms with E-state index in [1.54, 1.807) is 0 Å². The van der Waals surface area contributed by atoms with E-state index in [0.29, 0.717) is 11.5 Å². The molecule has 0 bridgehead atoms. The van der Waals surface area contributed by atoms with Gasteiger partial charge >= 0.3 is 0 Å². The molecule has 0 saturated heterocycles. The normalized spacial score (nSPS) is 11.8. The predicted molar refractivity (Wildman–Crippen MR) is 196 cm³/mol. The molecule has 0 aliphatic heterocycles. The second-order valence-electron chi connectivity index (χ2n) is 12.0. The highest BCUT2D eigenvalue weighted by Gasteiger charge is 2.27. The first-order chi connectivity index (χ1) is 23.8. The van der Waals surface area contributed by atoms with E-state index < -0.39 is 0 Å². The van der Waals surface area contributed by atoms with E-state index in [9.17, 15) is 0 Å². The van der Waals surface area contributed by atoms with E-state index >= 15 is 0 Å². The molecule has 0 unspecified atom stereocenters. The molecule has 0 aliphatic carbocycles. The first-order valence-corrected chi connectivity index (χ1v) is 16.1. The van der Waals surface area contributed by atoms with Gasteiger partial charge in [0.1, 0.15) is 22.4 Å². The van der Waals surface area contributed by atoms with Crippen LogP contribution in [0.1, 0.15) is 0 Å². The molecule has 0 spiro atoms. The smallest absolute Gasteiger partial charge is 0.227 e. The molecule has 0 fully saturated rings. The topological polar surface area (TPSA) is 47.3 Å². The average Bonchev–Trinajstić information content (AvgIpc) is 3.84. The van der Waals surface area contributed by atoms with Gasteiger partial charge in [0.2, 0.25) is 5.89 Å². The number of hydrogen-bond donors (Lipinski definition) is 0. The summed E-state index contributed by atoms with van der Waals surface area (Å²) >= 11 is 0. The molecular weight excluding hydrogens is 590 g/mol. The van der Waals surface area contributed by atoms with Crippen LogP contribution in [0, 0.1) is 0 Å². The van der Waals surface area contributed by atoms with Crippen molar-refractivity contribution >= 4 is 71.9 Å². The summed E-state index contributed by atoms with van der Waals surface area (Å²) in [5.74, 6) is 0.566. The Morgan fingerprint density at radius 3 is 1.98 bits per heavy atom. The van der Waals surface area contributed by atoms with Crippen molar-refractivity contribution in [2.75, 3.05) is 4.90 Å². The minimum absolute atomic E-state index is 0.566. The highest BCUT2D eigenvalue weighted by Crippen LogP contribution is 2.48. The molecule has 3 aromatic heterocycles. The second-order valence-corrected chi connectivity index (χ2v) is 12.0. The van der Waals surface area contributed by atoms with Crippen LogP contribution in [0.4, 0.5) is 17.1 Å². The van der Waals surface area contributed by atoms with Gasteiger partial charge in [-0.2, -0.15) is 0 Å². The Hall–Kier alpha value is -6.59. The monoisotopic (exact) mass is 617 g/mol. The molecule has 5 heteroatoms. The lowest BCUT2D eigenvalue weighted by molar-refractivity contribution is 0.620. The number of furan rings is 1. The average molecular weight is 618 g/mol. The zero-order chi connectivity index (χ0) is 31.6. The predicted octanol–water partition coefficient (Wildman–Crippen LogP) is 12.0. The van der Waals surface area contributed by atoms with Crippen LogP contribution in [-0.2, 0) is 0 Å². The molecule has 48 heavy (non-hydrogen) atoms. The van der Waals surface area contributed by atoms with Crippen molar-refractivity contribution in [3.63, 3.8) is 0 Å². The number of aromatic nitrogens is 2. The van der Waals surface area contributed by atoms with Gasteiger partial charge in [0, 0.05) is 44.9 Å². The van der Waals surface area contributed by atoms with Gasteiger partial charge in [0.25, 0.3) is 0 Å². The third kappa shape index (κ3) is 4.01. The number of fused-ring (bicyclic) bond motifs is 7. The van der Waals surface area contributed by atoms with Gasteiger partial charge in [-0.3, -0.25) is 0 Å². The summed E-state index contributed by atoms with van der Waals surface area (Å²) in [7, 11) is 0. The quantitative estimate of drug-likeness (QED) is 0.193. The lowest BCUT2D eigenvalue weighted by Crippen LogP contribution is -2.11. The first-order valence-electron chi connectivity index (χ1n) is 16.1. The Morgan fingerprint density at radius 2 is 1.17 bits per heavy atom. The fraction of sp³-hybridized carbons (Fsp3) is 0. The number of anilines is 3. The summed E-state index contributed by atoms with van der Waals surface area (Å²) in [4.78, 5) is 7.30. The lowest BCUT2D eigenvalue weighted by Gasteiger charge is -2.26. The van der Waals surface area contributed by atoms with Crippen molar-refractivity contribution in [1.82, 2.24) is 9.55 Å². The highest BCUT2D eigenvalue weighted by atomic mass is 16.4. The molecule has 0 amide bonds. The third-order valence-electron chi connectivity index (χ3n) is 9.18. The van der Waals surface area contributed by atoms with E-state index in [0.717, 1.165) is 66.8 Å². The molecular formula is C43H27N3O2. The summed E-state index contributed by atoms with van der Waals surface area (Å²) in [5.41, 5.74) is 10.2.